The second-order valence-electron chi connectivity index (χ2n) is 3.92. The normalized spacial score (nSPS) is 17.9. The Balaban J connectivity index is 2.51. The van der Waals surface area contributed by atoms with Crippen LogP contribution in [0.15, 0.2) is 22.7 Å². The van der Waals surface area contributed by atoms with E-state index in [0.29, 0.717) is 10.0 Å². The van der Waals surface area contributed by atoms with Crippen molar-refractivity contribution < 1.29 is 13.2 Å². The largest absolute Gasteiger partial charge is 0.416 e. The van der Waals surface area contributed by atoms with Gasteiger partial charge in [0.25, 0.3) is 0 Å². The molecule has 1 aliphatic carbocycles. The molecular weight excluding hydrogens is 281 g/mol. The summed E-state index contributed by atoms with van der Waals surface area (Å²) in [5.41, 5.74) is -0.558. The molecule has 16 heavy (non-hydrogen) atoms. The molecule has 2 rings (SSSR count). The Morgan fingerprint density at radius 1 is 1.31 bits per heavy atom. The number of alkyl halides is 3. The first-order chi connectivity index (χ1) is 7.39. The maximum Gasteiger partial charge on any atom is 0.416 e. The molecule has 0 nitrogen and oxygen atoms in total. The maximum absolute atomic E-state index is 12.5. The zero-order chi connectivity index (χ0) is 12.0. The van der Waals surface area contributed by atoms with Crippen molar-refractivity contribution in [2.24, 2.45) is 0 Å². The lowest BCUT2D eigenvalue weighted by molar-refractivity contribution is -0.137. The van der Waals surface area contributed by atoms with Gasteiger partial charge in [0.2, 0.25) is 0 Å². The second-order valence-corrected chi connectivity index (χ2v) is 4.77. The average Bonchev–Trinajstić information content (AvgIpc) is 2.97. The van der Waals surface area contributed by atoms with Crippen LogP contribution in [-0.4, -0.2) is 0 Å². The van der Waals surface area contributed by atoms with E-state index in [1.165, 1.54) is 6.07 Å². The van der Waals surface area contributed by atoms with Gasteiger partial charge in [-0.3, -0.25) is 0 Å². The molecule has 0 N–H and O–H groups in total. The van der Waals surface area contributed by atoms with Crippen LogP contribution in [0, 0.1) is 12.3 Å². The van der Waals surface area contributed by atoms with Gasteiger partial charge in [-0.15, -0.1) is 6.42 Å². The molecule has 0 bridgehead atoms. The number of rotatable bonds is 1. The standard InChI is InChI=1S/C12H8BrF3/c1-2-11(5-6-11)9-7-8(12(14,15)16)3-4-10(9)13/h1,3-4,7H,5-6H2. The Morgan fingerprint density at radius 2 is 1.94 bits per heavy atom. The van der Waals surface area contributed by atoms with Crippen molar-refractivity contribution in [3.63, 3.8) is 0 Å². The quantitative estimate of drug-likeness (QED) is 0.682. The molecule has 0 heterocycles. The molecule has 1 fully saturated rings. The summed E-state index contributed by atoms with van der Waals surface area (Å²) in [6.07, 6.45) is 2.56. The molecule has 0 aliphatic heterocycles. The second kappa shape index (κ2) is 3.53. The van der Waals surface area contributed by atoms with E-state index in [4.69, 9.17) is 6.42 Å². The molecule has 0 spiro atoms. The van der Waals surface area contributed by atoms with Crippen molar-refractivity contribution >= 4 is 15.9 Å². The molecular formula is C12H8BrF3. The molecule has 0 amide bonds. The molecule has 1 aromatic carbocycles. The Kier molecular flexibility index (Phi) is 2.54. The lowest BCUT2D eigenvalue weighted by Gasteiger charge is -2.14. The molecule has 1 saturated carbocycles. The van der Waals surface area contributed by atoms with Gasteiger partial charge in [-0.2, -0.15) is 13.2 Å². The van der Waals surface area contributed by atoms with Gasteiger partial charge in [-0.1, -0.05) is 21.9 Å². The highest BCUT2D eigenvalue weighted by Crippen LogP contribution is 2.50. The summed E-state index contributed by atoms with van der Waals surface area (Å²) in [5.74, 6) is 2.59. The maximum atomic E-state index is 12.5. The zero-order valence-corrected chi connectivity index (χ0v) is 9.82. The van der Waals surface area contributed by atoms with Crippen molar-refractivity contribution in [2.75, 3.05) is 0 Å². The van der Waals surface area contributed by atoms with E-state index in [0.717, 1.165) is 25.0 Å². The Labute approximate surface area is 100.0 Å². The lowest BCUT2D eigenvalue weighted by atomic mass is 9.95. The molecule has 0 atom stereocenters. The highest BCUT2D eigenvalue weighted by Gasteiger charge is 2.45. The van der Waals surface area contributed by atoms with Crippen LogP contribution < -0.4 is 0 Å². The van der Waals surface area contributed by atoms with Crippen LogP contribution >= 0.6 is 15.9 Å². The van der Waals surface area contributed by atoms with Gasteiger partial charge in [0, 0.05) is 4.47 Å². The van der Waals surface area contributed by atoms with Crippen LogP contribution in [0.4, 0.5) is 13.2 Å². The lowest BCUT2D eigenvalue weighted by Crippen LogP contribution is -2.09. The number of benzene rings is 1. The van der Waals surface area contributed by atoms with Crippen molar-refractivity contribution in [3.05, 3.63) is 33.8 Å². The van der Waals surface area contributed by atoms with Crippen LogP contribution in [0.5, 0.6) is 0 Å². The molecule has 0 radical (unpaired) electrons. The molecule has 0 aromatic heterocycles. The molecule has 84 valence electrons. The van der Waals surface area contributed by atoms with E-state index in [1.54, 1.807) is 0 Å². The monoisotopic (exact) mass is 288 g/mol. The number of hydrogen-bond donors (Lipinski definition) is 0. The minimum atomic E-state index is -4.32. The summed E-state index contributed by atoms with van der Waals surface area (Å²) in [4.78, 5) is 0. The molecule has 1 aliphatic rings. The summed E-state index contributed by atoms with van der Waals surface area (Å²) in [6.45, 7) is 0. The first-order valence-electron chi connectivity index (χ1n) is 4.74. The van der Waals surface area contributed by atoms with Crippen LogP contribution in [0.25, 0.3) is 0 Å². The van der Waals surface area contributed by atoms with E-state index < -0.39 is 17.2 Å². The van der Waals surface area contributed by atoms with Gasteiger partial charge in [0.1, 0.15) is 0 Å². The summed E-state index contributed by atoms with van der Waals surface area (Å²) in [6, 6.07) is 3.62. The minimum absolute atomic E-state index is 0.486. The van der Waals surface area contributed by atoms with E-state index >= 15 is 0 Å². The SMILES string of the molecule is C#CC1(c2cc(C(F)(F)F)ccc2Br)CC1. The van der Waals surface area contributed by atoms with Gasteiger partial charge in [0.05, 0.1) is 11.0 Å². The van der Waals surface area contributed by atoms with Gasteiger partial charge in [-0.05, 0) is 36.6 Å². The van der Waals surface area contributed by atoms with Crippen LogP contribution in [0.3, 0.4) is 0 Å². The molecule has 0 saturated heterocycles. The Morgan fingerprint density at radius 3 is 2.38 bits per heavy atom. The summed E-state index contributed by atoms with van der Waals surface area (Å²) in [7, 11) is 0. The van der Waals surface area contributed by atoms with E-state index in [1.807, 2.05) is 0 Å². The van der Waals surface area contributed by atoms with E-state index in [9.17, 15) is 13.2 Å². The van der Waals surface area contributed by atoms with Crippen molar-refractivity contribution in [2.45, 2.75) is 24.4 Å². The summed E-state index contributed by atoms with van der Waals surface area (Å²) >= 11 is 3.25. The fraction of sp³-hybridized carbons (Fsp3) is 0.333. The predicted molar refractivity (Wildman–Crippen MR) is 58.9 cm³/mol. The molecule has 0 unspecified atom stereocenters. The third-order valence-corrected chi connectivity index (χ3v) is 3.53. The minimum Gasteiger partial charge on any atom is -0.166 e. The average molecular weight is 289 g/mol. The topological polar surface area (TPSA) is 0 Å². The fourth-order valence-electron chi connectivity index (χ4n) is 1.68. The van der Waals surface area contributed by atoms with Crippen molar-refractivity contribution in [1.82, 2.24) is 0 Å². The highest BCUT2D eigenvalue weighted by atomic mass is 79.9. The smallest absolute Gasteiger partial charge is 0.166 e. The Bertz CT molecular complexity index is 464. The first-order valence-corrected chi connectivity index (χ1v) is 5.53. The van der Waals surface area contributed by atoms with Crippen LogP contribution in [0.2, 0.25) is 0 Å². The zero-order valence-electron chi connectivity index (χ0n) is 8.24. The van der Waals surface area contributed by atoms with Crippen LogP contribution in [-0.2, 0) is 11.6 Å². The fourth-order valence-corrected chi connectivity index (χ4v) is 2.31. The summed E-state index contributed by atoms with van der Waals surface area (Å²) < 4.78 is 38.3. The van der Waals surface area contributed by atoms with Gasteiger partial charge >= 0.3 is 6.18 Å². The van der Waals surface area contributed by atoms with Crippen molar-refractivity contribution in [3.8, 4) is 12.3 Å². The van der Waals surface area contributed by atoms with Crippen molar-refractivity contribution in [1.29, 1.82) is 0 Å². The van der Waals surface area contributed by atoms with Gasteiger partial charge in [-0.25, -0.2) is 0 Å². The highest BCUT2D eigenvalue weighted by molar-refractivity contribution is 9.10. The molecule has 1 aromatic rings. The first kappa shape index (κ1) is 11.5. The van der Waals surface area contributed by atoms with E-state index in [-0.39, 0.29) is 0 Å². The summed E-state index contributed by atoms with van der Waals surface area (Å²) in [5, 5.41) is 0. The van der Waals surface area contributed by atoms with Crippen LogP contribution in [0.1, 0.15) is 24.0 Å². The van der Waals surface area contributed by atoms with Gasteiger partial charge < -0.3 is 0 Å². The third kappa shape index (κ3) is 1.84. The molecule has 4 heteroatoms. The van der Waals surface area contributed by atoms with E-state index in [2.05, 4.69) is 21.9 Å². The Hall–Kier alpha value is -0.950. The number of terminal acetylenes is 1. The number of halogens is 4. The third-order valence-electron chi connectivity index (χ3n) is 2.84. The van der Waals surface area contributed by atoms with Gasteiger partial charge in [0.15, 0.2) is 0 Å². The number of hydrogen-bond acceptors (Lipinski definition) is 0. The predicted octanol–water partition coefficient (Wildman–Crippen LogP) is 4.13.